The Labute approximate surface area is 140 Å². The molecule has 1 aliphatic heterocycles. The lowest BCUT2D eigenvalue weighted by Crippen LogP contribution is -2.30. The molecule has 0 saturated carbocycles. The van der Waals surface area contributed by atoms with E-state index in [1.165, 1.54) is 40.9 Å². The van der Waals surface area contributed by atoms with Crippen molar-refractivity contribution in [1.82, 2.24) is 4.90 Å². The summed E-state index contributed by atoms with van der Waals surface area (Å²) >= 11 is 1.50. The van der Waals surface area contributed by atoms with E-state index in [-0.39, 0.29) is 16.8 Å². The molecule has 0 aliphatic carbocycles. The molecule has 0 N–H and O–H groups in total. The van der Waals surface area contributed by atoms with E-state index in [1.54, 1.807) is 12.1 Å². The highest BCUT2D eigenvalue weighted by molar-refractivity contribution is 7.99. The molecule has 1 atom stereocenters. The number of carbonyl (C=O) groups excluding carboxylic acids is 1. The average molecular weight is 355 g/mol. The normalized spacial score (nSPS) is 18.0. The lowest BCUT2D eigenvalue weighted by Gasteiger charge is -2.24. The van der Waals surface area contributed by atoms with Gasteiger partial charge in [0.15, 0.2) is 0 Å². The molecular weight excluding hydrogens is 342 g/mol. The lowest BCUT2D eigenvalue weighted by molar-refractivity contribution is -0.137. The van der Waals surface area contributed by atoms with E-state index in [2.05, 4.69) is 0 Å². The van der Waals surface area contributed by atoms with Crippen LogP contribution in [0.3, 0.4) is 0 Å². The maximum atomic E-state index is 13.1. The first-order chi connectivity index (χ1) is 11.4. The summed E-state index contributed by atoms with van der Waals surface area (Å²) in [6, 6.07) is 10.2. The fourth-order valence-corrected chi connectivity index (χ4v) is 3.83. The third-order valence-corrected chi connectivity index (χ3v) is 5.00. The third kappa shape index (κ3) is 3.40. The van der Waals surface area contributed by atoms with Gasteiger partial charge in [-0.05, 0) is 35.9 Å². The minimum atomic E-state index is -4.49. The summed E-state index contributed by atoms with van der Waals surface area (Å²) in [6.07, 6.45) is -4.49. The number of thioether (sulfide) groups is 1. The Hall–Kier alpha value is -2.02. The zero-order valence-electron chi connectivity index (χ0n) is 12.4. The van der Waals surface area contributed by atoms with Crippen molar-refractivity contribution in [2.24, 2.45) is 0 Å². The summed E-state index contributed by atoms with van der Waals surface area (Å²) in [5, 5.41) is -0.326. The number of nitrogens with zero attached hydrogens (tertiary/aromatic N) is 1. The van der Waals surface area contributed by atoms with Gasteiger partial charge in [-0.25, -0.2) is 4.39 Å². The smallest absolute Gasteiger partial charge is 0.322 e. The molecule has 24 heavy (non-hydrogen) atoms. The zero-order chi connectivity index (χ0) is 17.3. The summed E-state index contributed by atoms with van der Waals surface area (Å²) in [5.74, 6) is -0.162. The van der Waals surface area contributed by atoms with E-state index in [0.29, 0.717) is 12.3 Å². The van der Waals surface area contributed by atoms with Crippen LogP contribution in [0.25, 0.3) is 0 Å². The quantitative estimate of drug-likeness (QED) is 0.726. The average Bonchev–Trinajstić information content (AvgIpc) is 3.04. The van der Waals surface area contributed by atoms with Gasteiger partial charge in [-0.1, -0.05) is 18.2 Å². The van der Waals surface area contributed by atoms with Crippen molar-refractivity contribution in [1.29, 1.82) is 0 Å². The van der Waals surface area contributed by atoms with Gasteiger partial charge in [0.05, 0.1) is 5.56 Å². The molecule has 2 nitrogen and oxygen atoms in total. The molecule has 0 radical (unpaired) electrons. The molecule has 2 aromatic rings. The highest BCUT2D eigenvalue weighted by Crippen LogP contribution is 2.39. The monoisotopic (exact) mass is 355 g/mol. The van der Waals surface area contributed by atoms with Gasteiger partial charge < -0.3 is 4.90 Å². The Morgan fingerprint density at radius 3 is 2.50 bits per heavy atom. The summed E-state index contributed by atoms with van der Waals surface area (Å²) in [5.41, 5.74) is -0.0998. The highest BCUT2D eigenvalue weighted by atomic mass is 32.2. The number of alkyl halides is 3. The van der Waals surface area contributed by atoms with Crippen LogP contribution in [0.4, 0.5) is 17.6 Å². The number of benzene rings is 2. The van der Waals surface area contributed by atoms with E-state index >= 15 is 0 Å². The molecule has 0 aromatic heterocycles. The molecule has 1 amide bonds. The molecule has 0 bridgehead atoms. The maximum Gasteiger partial charge on any atom is 0.416 e. The Morgan fingerprint density at radius 2 is 1.83 bits per heavy atom. The Kier molecular flexibility index (Phi) is 4.54. The van der Waals surface area contributed by atoms with Gasteiger partial charge in [-0.15, -0.1) is 11.8 Å². The minimum absolute atomic E-state index is 0.000522. The largest absolute Gasteiger partial charge is 0.416 e. The molecule has 0 spiro atoms. The van der Waals surface area contributed by atoms with Crippen LogP contribution in [0.5, 0.6) is 0 Å². The summed E-state index contributed by atoms with van der Waals surface area (Å²) in [4.78, 5) is 14.2. The highest BCUT2D eigenvalue weighted by Gasteiger charge is 2.34. The molecule has 3 rings (SSSR count). The van der Waals surface area contributed by atoms with Crippen molar-refractivity contribution >= 4 is 17.7 Å². The van der Waals surface area contributed by atoms with Crippen LogP contribution in [0.2, 0.25) is 0 Å². The number of carbonyl (C=O) groups is 1. The fourth-order valence-electron chi connectivity index (χ4n) is 2.58. The molecule has 2 aromatic carbocycles. The second-order valence-corrected chi connectivity index (χ2v) is 6.54. The van der Waals surface area contributed by atoms with Gasteiger partial charge in [0.25, 0.3) is 5.91 Å². The zero-order valence-corrected chi connectivity index (χ0v) is 13.2. The van der Waals surface area contributed by atoms with Crippen LogP contribution in [0.15, 0.2) is 48.5 Å². The van der Waals surface area contributed by atoms with Crippen molar-refractivity contribution in [3.63, 3.8) is 0 Å². The molecule has 1 fully saturated rings. The van der Waals surface area contributed by atoms with Gasteiger partial charge in [0, 0.05) is 17.9 Å². The predicted octanol–water partition coefficient (Wildman–Crippen LogP) is 4.73. The van der Waals surface area contributed by atoms with Crippen LogP contribution in [0, 0.1) is 5.82 Å². The number of hydrogen-bond donors (Lipinski definition) is 0. The van der Waals surface area contributed by atoms with Crippen molar-refractivity contribution in [3.8, 4) is 0 Å². The molecule has 1 saturated heterocycles. The summed E-state index contributed by atoms with van der Waals surface area (Å²) < 4.78 is 51.5. The van der Waals surface area contributed by atoms with E-state index in [0.717, 1.165) is 17.7 Å². The van der Waals surface area contributed by atoms with Crippen LogP contribution in [0.1, 0.15) is 26.9 Å². The molecule has 1 heterocycles. The number of amides is 1. The van der Waals surface area contributed by atoms with Gasteiger partial charge in [-0.2, -0.15) is 13.2 Å². The van der Waals surface area contributed by atoms with Crippen molar-refractivity contribution in [2.45, 2.75) is 11.6 Å². The topological polar surface area (TPSA) is 20.3 Å². The maximum absolute atomic E-state index is 13.1. The van der Waals surface area contributed by atoms with Gasteiger partial charge >= 0.3 is 6.18 Å². The Bertz CT molecular complexity index is 745. The van der Waals surface area contributed by atoms with Crippen molar-refractivity contribution in [3.05, 3.63) is 71.0 Å². The first-order valence-electron chi connectivity index (χ1n) is 7.21. The Morgan fingerprint density at radius 1 is 1.12 bits per heavy atom. The first kappa shape index (κ1) is 16.8. The van der Waals surface area contributed by atoms with Crippen molar-refractivity contribution in [2.75, 3.05) is 12.3 Å². The second-order valence-electron chi connectivity index (χ2n) is 5.35. The van der Waals surface area contributed by atoms with Gasteiger partial charge in [0.1, 0.15) is 11.2 Å². The van der Waals surface area contributed by atoms with E-state index < -0.39 is 17.6 Å². The number of hydrogen-bond acceptors (Lipinski definition) is 2. The minimum Gasteiger partial charge on any atom is -0.322 e. The number of rotatable bonds is 2. The van der Waals surface area contributed by atoms with Gasteiger partial charge in [-0.3, -0.25) is 4.79 Å². The number of halogens is 4. The van der Waals surface area contributed by atoms with E-state index in [9.17, 15) is 22.4 Å². The molecule has 126 valence electrons. The van der Waals surface area contributed by atoms with E-state index in [1.807, 2.05) is 0 Å². The summed E-state index contributed by atoms with van der Waals surface area (Å²) in [7, 11) is 0. The van der Waals surface area contributed by atoms with Crippen LogP contribution >= 0.6 is 11.8 Å². The van der Waals surface area contributed by atoms with Crippen molar-refractivity contribution < 1.29 is 22.4 Å². The SMILES string of the molecule is O=C(c1cccc(C(F)(F)F)c1)N1CCSC1c1ccc(F)cc1. The first-order valence-corrected chi connectivity index (χ1v) is 8.26. The second kappa shape index (κ2) is 6.47. The fraction of sp³-hybridized carbons (Fsp3) is 0.235. The van der Waals surface area contributed by atoms with Crippen LogP contribution in [-0.2, 0) is 6.18 Å². The summed E-state index contributed by atoms with van der Waals surface area (Å²) in [6.45, 7) is 0.432. The Balaban J connectivity index is 1.87. The molecule has 1 aliphatic rings. The molecule has 1 unspecified atom stereocenters. The van der Waals surface area contributed by atoms with Gasteiger partial charge in [0.2, 0.25) is 0 Å². The standard InChI is InChI=1S/C17H13F4NOS/c18-14-6-4-11(5-7-14)16-22(8-9-24-16)15(23)12-2-1-3-13(10-12)17(19,20)21/h1-7,10,16H,8-9H2. The third-order valence-electron chi connectivity index (χ3n) is 3.74. The lowest BCUT2D eigenvalue weighted by atomic mass is 10.1. The van der Waals surface area contributed by atoms with Crippen LogP contribution < -0.4 is 0 Å². The van der Waals surface area contributed by atoms with Crippen LogP contribution in [-0.4, -0.2) is 23.1 Å². The predicted molar refractivity (Wildman–Crippen MR) is 84.1 cm³/mol. The molecule has 7 heteroatoms. The molecular formula is C17H13F4NOS. The van der Waals surface area contributed by atoms with E-state index in [4.69, 9.17) is 0 Å².